The number of aryl methyl sites for hydroxylation is 1. The summed E-state index contributed by atoms with van der Waals surface area (Å²) in [7, 11) is 5.93. The van der Waals surface area contributed by atoms with Crippen LogP contribution in [-0.4, -0.2) is 57.7 Å². The fourth-order valence-electron chi connectivity index (χ4n) is 3.83. The van der Waals surface area contributed by atoms with Crippen molar-refractivity contribution >= 4 is 5.91 Å². The van der Waals surface area contributed by atoms with Gasteiger partial charge in [-0.15, -0.1) is 0 Å². The third kappa shape index (κ3) is 3.44. The number of nitrogens with zero attached hydrogens (tertiary/aromatic N) is 5. The molecule has 7 heteroatoms. The Morgan fingerprint density at radius 1 is 1.52 bits per heavy atom. The van der Waals surface area contributed by atoms with Gasteiger partial charge in [-0.2, -0.15) is 10.4 Å². The van der Waals surface area contributed by atoms with Crippen LogP contribution < -0.4 is 0 Å². The molecule has 0 spiro atoms. The van der Waals surface area contributed by atoms with Crippen molar-refractivity contribution in [3.63, 3.8) is 0 Å². The van der Waals surface area contributed by atoms with Gasteiger partial charge in [0.15, 0.2) is 0 Å². The zero-order valence-corrected chi connectivity index (χ0v) is 14.9. The molecular formula is C18H24N6O. The van der Waals surface area contributed by atoms with E-state index in [1.54, 1.807) is 17.2 Å². The number of hydrogen-bond acceptors (Lipinski definition) is 4. The van der Waals surface area contributed by atoms with Crippen LogP contribution in [-0.2, 0) is 7.05 Å². The number of hydrogen-bond donors (Lipinski definition) is 1. The largest absolute Gasteiger partial charge is 0.352 e. The molecule has 2 atom stereocenters. The minimum absolute atomic E-state index is 0.0604. The normalized spacial score (nSPS) is 21.0. The first kappa shape index (κ1) is 17.2. The zero-order valence-electron chi connectivity index (χ0n) is 14.9. The smallest absolute Gasteiger partial charge is 0.255 e. The van der Waals surface area contributed by atoms with E-state index in [0.29, 0.717) is 23.7 Å². The number of H-pyrrole nitrogens is 1. The first-order valence-corrected chi connectivity index (χ1v) is 8.53. The molecule has 1 saturated heterocycles. The highest BCUT2D eigenvalue weighted by Crippen LogP contribution is 2.35. The van der Waals surface area contributed by atoms with Crippen molar-refractivity contribution in [1.29, 1.82) is 5.26 Å². The van der Waals surface area contributed by atoms with E-state index < -0.39 is 0 Å². The molecule has 7 nitrogen and oxygen atoms in total. The van der Waals surface area contributed by atoms with Crippen molar-refractivity contribution in [2.75, 3.05) is 27.2 Å². The van der Waals surface area contributed by atoms with Gasteiger partial charge in [-0.25, -0.2) is 0 Å². The molecule has 0 aliphatic carbocycles. The van der Waals surface area contributed by atoms with Crippen molar-refractivity contribution in [2.24, 2.45) is 13.0 Å². The molecule has 2 aromatic heterocycles. The molecule has 1 N–H and O–H groups in total. The average Bonchev–Trinajstić information content (AvgIpc) is 3.23. The van der Waals surface area contributed by atoms with Crippen LogP contribution in [0.4, 0.5) is 0 Å². The van der Waals surface area contributed by atoms with E-state index in [1.165, 1.54) is 5.69 Å². The lowest BCUT2D eigenvalue weighted by Crippen LogP contribution is -2.43. The van der Waals surface area contributed by atoms with Crippen LogP contribution in [0.15, 0.2) is 24.5 Å². The summed E-state index contributed by atoms with van der Waals surface area (Å²) in [5, 5.41) is 13.2. The number of amides is 1. The van der Waals surface area contributed by atoms with Crippen LogP contribution in [0.25, 0.3) is 0 Å². The van der Waals surface area contributed by atoms with Crippen LogP contribution in [0.2, 0.25) is 0 Å². The summed E-state index contributed by atoms with van der Waals surface area (Å²) < 4.78 is 1.92. The van der Waals surface area contributed by atoms with Crippen molar-refractivity contribution < 1.29 is 4.79 Å². The number of carbonyl (C=O) groups excluding carboxylic acids is 1. The number of nitrogens with one attached hydrogen (secondary N) is 1. The van der Waals surface area contributed by atoms with Gasteiger partial charge in [0.05, 0.1) is 17.3 Å². The molecule has 1 amide bonds. The van der Waals surface area contributed by atoms with Gasteiger partial charge in [-0.3, -0.25) is 14.4 Å². The van der Waals surface area contributed by atoms with E-state index in [-0.39, 0.29) is 11.9 Å². The number of aromatic amines is 1. The SMILES string of the molecule is CN(C[C@@H]1CCCN(C)[C@H]1c1ccnn1C)C(=O)c1c[nH]c(C#N)c1. The fourth-order valence-corrected chi connectivity index (χ4v) is 3.83. The molecule has 132 valence electrons. The van der Waals surface area contributed by atoms with Gasteiger partial charge in [-0.1, -0.05) is 0 Å². The summed E-state index contributed by atoms with van der Waals surface area (Å²) in [6.45, 7) is 1.72. The van der Waals surface area contributed by atoms with Crippen molar-refractivity contribution in [3.8, 4) is 6.07 Å². The third-order valence-corrected chi connectivity index (χ3v) is 5.07. The van der Waals surface area contributed by atoms with Crippen LogP contribution >= 0.6 is 0 Å². The molecule has 3 heterocycles. The summed E-state index contributed by atoms with van der Waals surface area (Å²) in [5.74, 6) is 0.284. The Bertz CT molecular complexity index is 786. The second kappa shape index (κ2) is 7.11. The predicted octanol–water partition coefficient (Wildman–Crippen LogP) is 1.77. The first-order valence-electron chi connectivity index (χ1n) is 8.53. The van der Waals surface area contributed by atoms with Crippen LogP contribution in [0.3, 0.4) is 0 Å². The first-order chi connectivity index (χ1) is 12.0. The van der Waals surface area contributed by atoms with Crippen LogP contribution in [0.5, 0.6) is 0 Å². The Morgan fingerprint density at radius 2 is 2.32 bits per heavy atom. The summed E-state index contributed by atoms with van der Waals surface area (Å²) in [5.41, 5.74) is 2.11. The van der Waals surface area contributed by atoms with E-state index in [0.717, 1.165) is 19.4 Å². The number of rotatable bonds is 4. The van der Waals surface area contributed by atoms with Gasteiger partial charge in [-0.05, 0) is 44.5 Å². The van der Waals surface area contributed by atoms with E-state index in [9.17, 15) is 4.79 Å². The highest BCUT2D eigenvalue weighted by Gasteiger charge is 2.33. The highest BCUT2D eigenvalue weighted by atomic mass is 16.2. The Labute approximate surface area is 147 Å². The van der Waals surface area contributed by atoms with Crippen molar-refractivity contribution in [3.05, 3.63) is 41.5 Å². The predicted molar refractivity (Wildman–Crippen MR) is 93.8 cm³/mol. The molecule has 0 radical (unpaired) electrons. The van der Waals surface area contributed by atoms with Gasteiger partial charge in [0.1, 0.15) is 11.8 Å². The van der Waals surface area contributed by atoms with Crippen LogP contribution in [0.1, 0.15) is 40.6 Å². The Hall–Kier alpha value is -2.59. The zero-order chi connectivity index (χ0) is 18.0. The minimum Gasteiger partial charge on any atom is -0.352 e. The maximum absolute atomic E-state index is 12.7. The molecule has 0 aromatic carbocycles. The summed E-state index contributed by atoms with van der Waals surface area (Å²) >= 11 is 0. The molecule has 1 fully saturated rings. The van der Waals surface area contributed by atoms with Crippen LogP contribution in [0, 0.1) is 17.2 Å². The fraction of sp³-hybridized carbons (Fsp3) is 0.500. The van der Waals surface area contributed by atoms with E-state index >= 15 is 0 Å². The van der Waals surface area contributed by atoms with Crippen molar-refractivity contribution in [1.82, 2.24) is 24.6 Å². The lowest BCUT2D eigenvalue weighted by molar-refractivity contribution is 0.0630. The summed E-state index contributed by atoms with van der Waals surface area (Å²) in [6, 6.07) is 5.93. The molecule has 0 unspecified atom stereocenters. The molecular weight excluding hydrogens is 316 g/mol. The van der Waals surface area contributed by atoms with E-state index in [4.69, 9.17) is 5.26 Å². The van der Waals surface area contributed by atoms with E-state index in [1.807, 2.05) is 31.0 Å². The van der Waals surface area contributed by atoms with Gasteiger partial charge in [0.25, 0.3) is 5.91 Å². The Kier molecular flexibility index (Phi) is 4.91. The molecule has 25 heavy (non-hydrogen) atoms. The maximum atomic E-state index is 12.7. The molecule has 0 saturated carbocycles. The number of likely N-dealkylation sites (tertiary alicyclic amines) is 1. The van der Waals surface area contributed by atoms with Gasteiger partial charge >= 0.3 is 0 Å². The Morgan fingerprint density at radius 3 is 2.96 bits per heavy atom. The molecule has 3 rings (SSSR count). The highest BCUT2D eigenvalue weighted by molar-refractivity contribution is 5.94. The lowest BCUT2D eigenvalue weighted by Gasteiger charge is -2.40. The maximum Gasteiger partial charge on any atom is 0.255 e. The number of aromatic nitrogens is 3. The van der Waals surface area contributed by atoms with Gasteiger partial charge in [0, 0.05) is 33.0 Å². The molecule has 1 aliphatic rings. The quantitative estimate of drug-likeness (QED) is 0.920. The molecule has 0 bridgehead atoms. The lowest BCUT2D eigenvalue weighted by atomic mass is 9.87. The standard InChI is InChI=1S/C18H24N6O/c1-22-8-4-5-13(17(22)16-6-7-21-24(16)3)12-23(2)18(25)14-9-15(10-19)20-11-14/h6-7,9,11,13,17,20H,4-5,8,12H2,1-3H3/t13-,17+/m0/s1. The number of carbonyl (C=O) groups is 1. The minimum atomic E-state index is -0.0604. The second-order valence-corrected chi connectivity index (χ2v) is 6.81. The summed E-state index contributed by atoms with van der Waals surface area (Å²) in [6.07, 6.45) is 5.63. The molecule has 2 aromatic rings. The van der Waals surface area contributed by atoms with Crippen molar-refractivity contribution in [2.45, 2.75) is 18.9 Å². The summed E-state index contributed by atoms with van der Waals surface area (Å²) in [4.78, 5) is 19.6. The molecule has 1 aliphatic heterocycles. The monoisotopic (exact) mass is 340 g/mol. The van der Waals surface area contributed by atoms with Gasteiger partial charge in [0.2, 0.25) is 0 Å². The Balaban J connectivity index is 1.76. The number of nitriles is 1. The topological polar surface area (TPSA) is 81.0 Å². The van der Waals surface area contributed by atoms with E-state index in [2.05, 4.69) is 28.1 Å². The second-order valence-electron chi connectivity index (χ2n) is 6.81. The number of piperidine rings is 1. The average molecular weight is 340 g/mol. The third-order valence-electron chi connectivity index (χ3n) is 5.07. The van der Waals surface area contributed by atoms with Gasteiger partial charge < -0.3 is 9.88 Å².